The average Bonchev–Trinajstić information content (AvgIpc) is 2.34. The van der Waals surface area contributed by atoms with Gasteiger partial charge in [-0.15, -0.1) is 0 Å². The molecule has 2 aromatic rings. The Balaban J connectivity index is 2.32. The molecule has 0 aliphatic carbocycles. The Bertz CT molecular complexity index is 637. The number of aryl methyl sites for hydroxylation is 1. The van der Waals surface area contributed by atoms with Crippen molar-refractivity contribution in [2.24, 2.45) is 0 Å². The van der Waals surface area contributed by atoms with Gasteiger partial charge in [-0.2, -0.15) is 0 Å². The highest BCUT2D eigenvalue weighted by Crippen LogP contribution is 2.29. The van der Waals surface area contributed by atoms with Crippen LogP contribution in [0.4, 0.5) is 0 Å². The molecule has 5 heteroatoms. The second-order valence-electron chi connectivity index (χ2n) is 4.14. The number of carbonyl (C=O) groups is 1. The topological polar surface area (TPSA) is 79.7 Å². The largest absolute Gasteiger partial charge is 0.505 e. The second kappa shape index (κ2) is 4.97. The Morgan fingerprint density at radius 1 is 1.32 bits per heavy atom. The number of pyridine rings is 1. The van der Waals surface area contributed by atoms with Gasteiger partial charge in [0, 0.05) is 6.07 Å². The van der Waals surface area contributed by atoms with Crippen LogP contribution in [0.3, 0.4) is 0 Å². The Morgan fingerprint density at radius 3 is 2.68 bits per heavy atom. The highest BCUT2D eigenvalue weighted by molar-refractivity contribution is 5.88. The van der Waals surface area contributed by atoms with Gasteiger partial charge in [-0.1, -0.05) is 12.1 Å². The Morgan fingerprint density at radius 2 is 2.05 bits per heavy atom. The van der Waals surface area contributed by atoms with E-state index in [2.05, 4.69) is 4.98 Å². The summed E-state index contributed by atoms with van der Waals surface area (Å²) in [4.78, 5) is 14.4. The van der Waals surface area contributed by atoms with Gasteiger partial charge in [-0.25, -0.2) is 9.78 Å². The third-order valence-electron chi connectivity index (χ3n) is 2.83. The molecule has 1 aromatic carbocycles. The molecular weight excluding hydrogens is 246 g/mol. The molecule has 0 aliphatic rings. The lowest BCUT2D eigenvalue weighted by Crippen LogP contribution is -2.00. The first-order valence-corrected chi connectivity index (χ1v) is 5.65. The SMILES string of the molecule is Cc1cccc(Oc2cnc(C(=O)O)c(O)c2)c1C. The fraction of sp³-hybridized carbons (Fsp3) is 0.143. The summed E-state index contributed by atoms with van der Waals surface area (Å²) < 4.78 is 5.59. The van der Waals surface area contributed by atoms with Gasteiger partial charge in [0.15, 0.2) is 11.4 Å². The summed E-state index contributed by atoms with van der Waals surface area (Å²) in [5.41, 5.74) is 1.66. The predicted octanol–water partition coefficient (Wildman–Crippen LogP) is 2.89. The quantitative estimate of drug-likeness (QED) is 0.885. The third kappa shape index (κ3) is 2.65. The first kappa shape index (κ1) is 12.9. The summed E-state index contributed by atoms with van der Waals surface area (Å²) >= 11 is 0. The molecule has 2 N–H and O–H groups in total. The van der Waals surface area contributed by atoms with E-state index in [1.165, 1.54) is 12.3 Å². The summed E-state index contributed by atoms with van der Waals surface area (Å²) in [6.45, 7) is 3.88. The van der Waals surface area contributed by atoms with Crippen LogP contribution in [0.1, 0.15) is 21.6 Å². The van der Waals surface area contributed by atoms with E-state index in [-0.39, 0.29) is 5.75 Å². The molecule has 5 nitrogen and oxygen atoms in total. The number of nitrogens with zero attached hydrogens (tertiary/aromatic N) is 1. The van der Waals surface area contributed by atoms with Crippen LogP contribution in [0, 0.1) is 13.8 Å². The smallest absolute Gasteiger partial charge is 0.358 e. The highest BCUT2D eigenvalue weighted by Gasteiger charge is 2.13. The van der Waals surface area contributed by atoms with Crippen LogP contribution >= 0.6 is 0 Å². The molecule has 0 radical (unpaired) electrons. The number of aromatic hydroxyl groups is 1. The monoisotopic (exact) mass is 259 g/mol. The van der Waals surface area contributed by atoms with E-state index in [9.17, 15) is 9.90 Å². The number of ether oxygens (including phenoxy) is 1. The Labute approximate surface area is 110 Å². The van der Waals surface area contributed by atoms with Crippen molar-refractivity contribution in [3.63, 3.8) is 0 Å². The van der Waals surface area contributed by atoms with E-state index >= 15 is 0 Å². The van der Waals surface area contributed by atoms with Crippen molar-refractivity contribution in [2.45, 2.75) is 13.8 Å². The number of aromatic nitrogens is 1. The van der Waals surface area contributed by atoms with Crippen molar-refractivity contribution in [3.8, 4) is 17.2 Å². The van der Waals surface area contributed by atoms with Gasteiger partial charge < -0.3 is 14.9 Å². The molecule has 2 rings (SSSR count). The number of rotatable bonds is 3. The van der Waals surface area contributed by atoms with Crippen LogP contribution in [-0.2, 0) is 0 Å². The van der Waals surface area contributed by atoms with Gasteiger partial charge in [0.05, 0.1) is 6.20 Å². The number of carboxylic acids is 1. The normalized spacial score (nSPS) is 10.2. The third-order valence-corrected chi connectivity index (χ3v) is 2.83. The van der Waals surface area contributed by atoms with Gasteiger partial charge >= 0.3 is 5.97 Å². The molecule has 0 spiro atoms. The van der Waals surface area contributed by atoms with Crippen molar-refractivity contribution in [1.82, 2.24) is 4.98 Å². The zero-order chi connectivity index (χ0) is 14.0. The van der Waals surface area contributed by atoms with E-state index in [0.717, 1.165) is 11.1 Å². The molecule has 0 saturated carbocycles. The van der Waals surface area contributed by atoms with Crippen molar-refractivity contribution in [2.75, 3.05) is 0 Å². The van der Waals surface area contributed by atoms with Crippen LogP contribution in [0.15, 0.2) is 30.5 Å². The van der Waals surface area contributed by atoms with E-state index in [4.69, 9.17) is 9.84 Å². The van der Waals surface area contributed by atoms with E-state index in [1.54, 1.807) is 6.07 Å². The second-order valence-corrected chi connectivity index (χ2v) is 4.14. The lowest BCUT2D eigenvalue weighted by molar-refractivity contribution is 0.0687. The molecular formula is C14H13NO4. The number of hydrogen-bond donors (Lipinski definition) is 2. The molecule has 0 fully saturated rings. The van der Waals surface area contributed by atoms with Crippen molar-refractivity contribution >= 4 is 5.97 Å². The van der Waals surface area contributed by atoms with Crippen LogP contribution < -0.4 is 4.74 Å². The number of aromatic carboxylic acids is 1. The Hall–Kier alpha value is -2.56. The van der Waals surface area contributed by atoms with Crippen LogP contribution in [0.5, 0.6) is 17.2 Å². The van der Waals surface area contributed by atoms with Crippen molar-refractivity contribution in [1.29, 1.82) is 0 Å². The van der Waals surface area contributed by atoms with Gasteiger partial charge in [-0.05, 0) is 31.0 Å². The summed E-state index contributed by atoms with van der Waals surface area (Å²) in [7, 11) is 0. The van der Waals surface area contributed by atoms with Crippen molar-refractivity contribution < 1.29 is 19.7 Å². The van der Waals surface area contributed by atoms with Crippen LogP contribution in [-0.4, -0.2) is 21.2 Å². The minimum atomic E-state index is -1.28. The van der Waals surface area contributed by atoms with E-state index in [1.807, 2.05) is 26.0 Å². The zero-order valence-electron chi connectivity index (χ0n) is 10.5. The summed E-state index contributed by atoms with van der Waals surface area (Å²) in [5.74, 6) is -0.772. The van der Waals surface area contributed by atoms with Gasteiger partial charge in [0.2, 0.25) is 0 Å². The molecule has 0 saturated heterocycles. The maximum Gasteiger partial charge on any atom is 0.358 e. The molecule has 1 aromatic heterocycles. The Kier molecular flexibility index (Phi) is 3.37. The van der Waals surface area contributed by atoms with Crippen molar-refractivity contribution in [3.05, 3.63) is 47.3 Å². The number of carboxylic acid groups (broad SMARTS) is 1. The fourth-order valence-corrected chi connectivity index (χ4v) is 1.62. The zero-order valence-corrected chi connectivity index (χ0v) is 10.5. The van der Waals surface area contributed by atoms with Crippen LogP contribution in [0.2, 0.25) is 0 Å². The maximum absolute atomic E-state index is 10.7. The minimum Gasteiger partial charge on any atom is -0.505 e. The predicted molar refractivity (Wildman–Crippen MR) is 68.9 cm³/mol. The molecule has 0 bridgehead atoms. The lowest BCUT2D eigenvalue weighted by Gasteiger charge is -2.10. The number of hydrogen-bond acceptors (Lipinski definition) is 4. The van der Waals surface area contributed by atoms with Gasteiger partial charge in [0.25, 0.3) is 0 Å². The lowest BCUT2D eigenvalue weighted by atomic mass is 10.1. The standard InChI is InChI=1S/C14H13NO4/c1-8-4-3-5-12(9(8)2)19-10-6-11(16)13(14(17)18)15-7-10/h3-7,16H,1-2H3,(H,17,18). The molecule has 0 aliphatic heterocycles. The summed E-state index contributed by atoms with van der Waals surface area (Å²) in [6, 6.07) is 6.85. The molecule has 0 atom stereocenters. The summed E-state index contributed by atoms with van der Waals surface area (Å²) in [5, 5.41) is 18.3. The van der Waals surface area contributed by atoms with E-state index in [0.29, 0.717) is 5.75 Å². The molecule has 1 heterocycles. The van der Waals surface area contributed by atoms with E-state index < -0.39 is 17.4 Å². The molecule has 0 unspecified atom stereocenters. The maximum atomic E-state index is 10.7. The summed E-state index contributed by atoms with van der Waals surface area (Å²) in [6.07, 6.45) is 1.27. The minimum absolute atomic E-state index is 0.288. The first-order chi connectivity index (χ1) is 8.99. The molecule has 0 amide bonds. The number of benzene rings is 1. The fourth-order valence-electron chi connectivity index (χ4n) is 1.62. The molecule has 19 heavy (non-hydrogen) atoms. The molecule has 98 valence electrons. The van der Waals surface area contributed by atoms with Crippen LogP contribution in [0.25, 0.3) is 0 Å². The first-order valence-electron chi connectivity index (χ1n) is 5.65. The van der Waals surface area contributed by atoms with Gasteiger partial charge in [-0.3, -0.25) is 0 Å². The average molecular weight is 259 g/mol. The highest BCUT2D eigenvalue weighted by atomic mass is 16.5. The van der Waals surface area contributed by atoms with Gasteiger partial charge in [0.1, 0.15) is 11.5 Å².